The Bertz CT molecular complexity index is 587. The van der Waals surface area contributed by atoms with Crippen LogP contribution in [0.5, 0.6) is 5.75 Å². The average molecular weight is 341 g/mol. The van der Waals surface area contributed by atoms with Crippen LogP contribution in [0.1, 0.15) is 37.6 Å². The quantitative estimate of drug-likeness (QED) is 0.747. The van der Waals surface area contributed by atoms with Gasteiger partial charge in [-0.15, -0.1) is 0 Å². The number of amides is 3. The third-order valence-corrected chi connectivity index (χ3v) is 3.17. The van der Waals surface area contributed by atoms with Crippen LogP contribution >= 0.6 is 11.6 Å². The van der Waals surface area contributed by atoms with Crippen molar-refractivity contribution in [2.45, 2.75) is 27.2 Å². The highest BCUT2D eigenvalue weighted by Gasteiger charge is 2.12. The molecule has 0 aliphatic rings. The van der Waals surface area contributed by atoms with Gasteiger partial charge in [0.25, 0.3) is 5.91 Å². The SMILES string of the molecule is CC(=O)c1cc(Cl)ccc1OCC(=O)NC(=O)NCCC(C)C. The van der Waals surface area contributed by atoms with Crippen molar-refractivity contribution in [2.24, 2.45) is 5.92 Å². The van der Waals surface area contributed by atoms with Crippen molar-refractivity contribution in [3.63, 3.8) is 0 Å². The predicted octanol–water partition coefficient (Wildman–Crippen LogP) is 2.79. The zero-order chi connectivity index (χ0) is 17.4. The number of halogens is 1. The molecule has 0 bridgehead atoms. The normalized spacial score (nSPS) is 10.3. The monoisotopic (exact) mass is 340 g/mol. The van der Waals surface area contributed by atoms with Crippen LogP contribution in [0.25, 0.3) is 0 Å². The summed E-state index contributed by atoms with van der Waals surface area (Å²) in [5.74, 6) is -0.118. The van der Waals surface area contributed by atoms with Crippen LogP contribution in [0.2, 0.25) is 5.02 Å². The molecule has 0 aliphatic carbocycles. The van der Waals surface area contributed by atoms with Crippen molar-refractivity contribution in [3.8, 4) is 5.75 Å². The Balaban J connectivity index is 2.47. The number of ether oxygens (including phenoxy) is 1. The number of ketones is 1. The molecule has 7 heteroatoms. The summed E-state index contributed by atoms with van der Waals surface area (Å²) in [5, 5.41) is 5.14. The van der Waals surface area contributed by atoms with Gasteiger partial charge in [-0.25, -0.2) is 4.79 Å². The first-order valence-corrected chi connectivity index (χ1v) is 7.68. The van der Waals surface area contributed by atoms with E-state index in [0.717, 1.165) is 6.42 Å². The molecule has 0 heterocycles. The highest BCUT2D eigenvalue weighted by atomic mass is 35.5. The van der Waals surface area contributed by atoms with E-state index in [0.29, 0.717) is 17.5 Å². The van der Waals surface area contributed by atoms with E-state index in [9.17, 15) is 14.4 Å². The Morgan fingerprint density at radius 1 is 1.26 bits per heavy atom. The molecule has 1 rings (SSSR count). The van der Waals surface area contributed by atoms with E-state index in [4.69, 9.17) is 16.3 Å². The number of carbonyl (C=O) groups is 3. The zero-order valence-electron chi connectivity index (χ0n) is 13.4. The van der Waals surface area contributed by atoms with Crippen molar-refractivity contribution in [2.75, 3.05) is 13.2 Å². The number of carbonyl (C=O) groups excluding carboxylic acids is 3. The smallest absolute Gasteiger partial charge is 0.321 e. The maximum absolute atomic E-state index is 11.7. The highest BCUT2D eigenvalue weighted by molar-refractivity contribution is 6.31. The largest absolute Gasteiger partial charge is 0.483 e. The molecule has 3 amide bonds. The highest BCUT2D eigenvalue weighted by Crippen LogP contribution is 2.23. The van der Waals surface area contributed by atoms with Gasteiger partial charge in [0.2, 0.25) is 0 Å². The van der Waals surface area contributed by atoms with Crippen LogP contribution in [0, 0.1) is 5.92 Å². The van der Waals surface area contributed by atoms with Gasteiger partial charge in [0.15, 0.2) is 12.4 Å². The van der Waals surface area contributed by atoms with Gasteiger partial charge in [0.05, 0.1) is 5.56 Å². The third-order valence-electron chi connectivity index (χ3n) is 2.94. The lowest BCUT2D eigenvalue weighted by Gasteiger charge is -2.11. The van der Waals surface area contributed by atoms with Gasteiger partial charge >= 0.3 is 6.03 Å². The van der Waals surface area contributed by atoms with Crippen LogP contribution in [0.4, 0.5) is 4.79 Å². The van der Waals surface area contributed by atoms with Crippen molar-refractivity contribution in [1.29, 1.82) is 0 Å². The molecule has 0 saturated carbocycles. The predicted molar refractivity (Wildman–Crippen MR) is 87.9 cm³/mol. The van der Waals surface area contributed by atoms with E-state index in [1.165, 1.54) is 19.1 Å². The summed E-state index contributed by atoms with van der Waals surface area (Å²) in [6.45, 7) is 5.57. The fourth-order valence-corrected chi connectivity index (χ4v) is 1.90. The molecule has 0 atom stereocenters. The lowest BCUT2D eigenvalue weighted by atomic mass is 10.1. The number of hydrogen-bond acceptors (Lipinski definition) is 4. The Kier molecular flexibility index (Phi) is 7.54. The summed E-state index contributed by atoms with van der Waals surface area (Å²) < 4.78 is 5.29. The van der Waals surface area contributed by atoms with Gasteiger partial charge < -0.3 is 10.1 Å². The molecule has 6 nitrogen and oxygen atoms in total. The number of benzene rings is 1. The topological polar surface area (TPSA) is 84.5 Å². The molecule has 0 saturated heterocycles. The zero-order valence-corrected chi connectivity index (χ0v) is 14.2. The van der Waals surface area contributed by atoms with Gasteiger partial charge in [0.1, 0.15) is 5.75 Å². The standard InChI is InChI=1S/C16H21ClN2O4/c1-10(2)6-7-18-16(22)19-15(21)9-23-14-5-4-12(17)8-13(14)11(3)20/h4-5,8,10H,6-7,9H2,1-3H3,(H2,18,19,21,22). The Hall–Kier alpha value is -2.08. The van der Waals surface area contributed by atoms with E-state index in [1.807, 2.05) is 13.8 Å². The molecule has 0 unspecified atom stereocenters. The maximum atomic E-state index is 11.7. The van der Waals surface area contributed by atoms with Crippen LogP contribution in [-0.2, 0) is 4.79 Å². The molecule has 0 aliphatic heterocycles. The summed E-state index contributed by atoms with van der Waals surface area (Å²) in [4.78, 5) is 34.7. The van der Waals surface area contributed by atoms with E-state index in [2.05, 4.69) is 10.6 Å². The second-order valence-electron chi connectivity index (χ2n) is 5.47. The molecular formula is C16H21ClN2O4. The summed E-state index contributed by atoms with van der Waals surface area (Å²) >= 11 is 5.82. The summed E-state index contributed by atoms with van der Waals surface area (Å²) in [6, 6.07) is 3.96. The lowest BCUT2D eigenvalue weighted by molar-refractivity contribution is -0.122. The fraction of sp³-hybridized carbons (Fsp3) is 0.438. The molecule has 1 aromatic carbocycles. The molecule has 0 fully saturated rings. The fourth-order valence-electron chi connectivity index (χ4n) is 1.73. The van der Waals surface area contributed by atoms with E-state index >= 15 is 0 Å². The molecule has 0 radical (unpaired) electrons. The maximum Gasteiger partial charge on any atom is 0.321 e. The summed E-state index contributed by atoms with van der Waals surface area (Å²) in [5.41, 5.74) is 0.284. The van der Waals surface area contributed by atoms with Gasteiger partial charge in [-0.05, 0) is 37.5 Å². The molecule has 23 heavy (non-hydrogen) atoms. The second-order valence-corrected chi connectivity index (χ2v) is 5.91. The molecule has 0 aromatic heterocycles. The van der Waals surface area contributed by atoms with Gasteiger partial charge in [-0.3, -0.25) is 14.9 Å². The molecule has 0 spiro atoms. The first-order valence-electron chi connectivity index (χ1n) is 7.30. The van der Waals surface area contributed by atoms with Crippen molar-refractivity contribution < 1.29 is 19.1 Å². The molecule has 126 valence electrons. The Labute approximate surface area is 140 Å². The minimum atomic E-state index is -0.600. The van der Waals surface area contributed by atoms with Crippen molar-refractivity contribution >= 4 is 29.3 Å². The number of Topliss-reactive ketones (excluding diaryl/α,β-unsaturated/α-hetero) is 1. The number of imide groups is 1. The number of rotatable bonds is 7. The molecule has 1 aromatic rings. The van der Waals surface area contributed by atoms with Gasteiger partial charge in [0, 0.05) is 11.6 Å². The molecule has 2 N–H and O–H groups in total. The van der Waals surface area contributed by atoms with E-state index < -0.39 is 11.9 Å². The van der Waals surface area contributed by atoms with Gasteiger partial charge in [-0.2, -0.15) is 0 Å². The van der Waals surface area contributed by atoms with Crippen molar-refractivity contribution in [3.05, 3.63) is 28.8 Å². The number of hydrogen-bond donors (Lipinski definition) is 2. The lowest BCUT2D eigenvalue weighted by Crippen LogP contribution is -2.42. The van der Waals surface area contributed by atoms with Crippen LogP contribution in [0.3, 0.4) is 0 Å². The van der Waals surface area contributed by atoms with Crippen molar-refractivity contribution in [1.82, 2.24) is 10.6 Å². The minimum Gasteiger partial charge on any atom is -0.483 e. The third kappa shape index (κ3) is 7.15. The first kappa shape index (κ1) is 19.0. The van der Waals surface area contributed by atoms with Crippen LogP contribution in [-0.4, -0.2) is 30.9 Å². The number of urea groups is 1. The minimum absolute atomic E-state index is 0.227. The van der Waals surface area contributed by atoms with E-state index in [-0.39, 0.29) is 23.7 Å². The first-order chi connectivity index (χ1) is 10.8. The summed E-state index contributed by atoms with van der Waals surface area (Å²) in [7, 11) is 0. The Morgan fingerprint density at radius 2 is 1.96 bits per heavy atom. The summed E-state index contributed by atoms with van der Waals surface area (Å²) in [6.07, 6.45) is 0.824. The Morgan fingerprint density at radius 3 is 2.57 bits per heavy atom. The van der Waals surface area contributed by atoms with Crippen LogP contribution in [0.15, 0.2) is 18.2 Å². The van der Waals surface area contributed by atoms with E-state index in [1.54, 1.807) is 6.07 Å². The second kappa shape index (κ2) is 9.15. The number of nitrogens with one attached hydrogen (secondary N) is 2. The molecular weight excluding hydrogens is 320 g/mol. The average Bonchev–Trinajstić information content (AvgIpc) is 2.45. The van der Waals surface area contributed by atoms with Gasteiger partial charge in [-0.1, -0.05) is 25.4 Å². The van der Waals surface area contributed by atoms with Crippen LogP contribution < -0.4 is 15.4 Å².